The molecule has 1 aliphatic rings. The summed E-state index contributed by atoms with van der Waals surface area (Å²) in [5.74, 6) is 0.692. The Kier molecular flexibility index (Phi) is 4.44. The molecule has 1 aromatic carbocycles. The first-order chi connectivity index (χ1) is 9.17. The molecule has 102 valence electrons. The monoisotopic (exact) mass is 257 g/mol. The zero-order valence-corrected chi connectivity index (χ0v) is 12.1. The van der Waals surface area contributed by atoms with Crippen LogP contribution in [0.25, 0.3) is 0 Å². The summed E-state index contributed by atoms with van der Waals surface area (Å²) in [6, 6.07) is 9.11. The highest BCUT2D eigenvalue weighted by atomic mass is 15.2. The Hall–Kier alpha value is -1.53. The molecule has 0 aromatic heterocycles. The normalized spacial score (nSPS) is 23.2. The van der Waals surface area contributed by atoms with Crippen LogP contribution >= 0.6 is 0 Å². The predicted octanol–water partition coefficient (Wildman–Crippen LogP) is 2.90. The molecular weight excluding hydrogens is 234 g/mol. The SMILES string of the molecule is CNCc1ccc(N2CCCC(C)C2C)c(C#N)c1. The van der Waals surface area contributed by atoms with Gasteiger partial charge in [0.1, 0.15) is 6.07 Å². The fourth-order valence-electron chi connectivity index (χ4n) is 2.91. The average molecular weight is 257 g/mol. The molecule has 3 nitrogen and oxygen atoms in total. The number of nitrogens with one attached hydrogen (secondary N) is 1. The van der Waals surface area contributed by atoms with Crippen LogP contribution in [0.4, 0.5) is 5.69 Å². The second kappa shape index (κ2) is 6.08. The first-order valence-electron chi connectivity index (χ1n) is 7.11. The lowest BCUT2D eigenvalue weighted by Crippen LogP contribution is -2.42. The van der Waals surface area contributed by atoms with Gasteiger partial charge in [-0.25, -0.2) is 0 Å². The first kappa shape index (κ1) is 13.9. The average Bonchev–Trinajstić information content (AvgIpc) is 2.42. The van der Waals surface area contributed by atoms with Crippen LogP contribution in [0, 0.1) is 17.2 Å². The Bertz CT molecular complexity index is 475. The van der Waals surface area contributed by atoms with Crippen LogP contribution in [-0.2, 0) is 6.54 Å². The van der Waals surface area contributed by atoms with Crippen LogP contribution in [0.3, 0.4) is 0 Å². The van der Waals surface area contributed by atoms with Crippen LogP contribution in [-0.4, -0.2) is 19.6 Å². The van der Waals surface area contributed by atoms with Crippen molar-refractivity contribution in [3.63, 3.8) is 0 Å². The van der Waals surface area contributed by atoms with E-state index in [4.69, 9.17) is 0 Å². The van der Waals surface area contributed by atoms with Crippen molar-refractivity contribution in [3.8, 4) is 6.07 Å². The van der Waals surface area contributed by atoms with Crippen molar-refractivity contribution in [1.29, 1.82) is 5.26 Å². The topological polar surface area (TPSA) is 39.1 Å². The summed E-state index contributed by atoms with van der Waals surface area (Å²) in [5.41, 5.74) is 3.07. The van der Waals surface area contributed by atoms with Crippen LogP contribution in [0.2, 0.25) is 0 Å². The third kappa shape index (κ3) is 2.90. The third-order valence-electron chi connectivity index (χ3n) is 4.25. The molecular formula is C16H23N3. The first-order valence-corrected chi connectivity index (χ1v) is 7.11. The van der Waals surface area contributed by atoms with Crippen molar-refractivity contribution < 1.29 is 0 Å². The van der Waals surface area contributed by atoms with E-state index in [1.807, 2.05) is 13.1 Å². The van der Waals surface area contributed by atoms with Crippen molar-refractivity contribution in [2.24, 2.45) is 5.92 Å². The van der Waals surface area contributed by atoms with Crippen LogP contribution in [0.15, 0.2) is 18.2 Å². The van der Waals surface area contributed by atoms with Gasteiger partial charge in [-0.3, -0.25) is 0 Å². The number of piperidine rings is 1. The maximum atomic E-state index is 9.40. The predicted molar refractivity (Wildman–Crippen MR) is 79.1 cm³/mol. The van der Waals surface area contributed by atoms with E-state index in [2.05, 4.69) is 42.3 Å². The zero-order chi connectivity index (χ0) is 13.8. The molecule has 0 saturated carbocycles. The molecule has 2 rings (SSSR count). The van der Waals surface area contributed by atoms with Gasteiger partial charge in [0, 0.05) is 19.1 Å². The molecule has 1 N–H and O–H groups in total. The maximum Gasteiger partial charge on any atom is 0.101 e. The van der Waals surface area contributed by atoms with Gasteiger partial charge in [-0.1, -0.05) is 13.0 Å². The molecule has 1 aliphatic heterocycles. The summed E-state index contributed by atoms with van der Waals surface area (Å²) < 4.78 is 0. The smallest absolute Gasteiger partial charge is 0.101 e. The lowest BCUT2D eigenvalue weighted by molar-refractivity contribution is 0.363. The molecule has 1 aromatic rings. The van der Waals surface area contributed by atoms with Crippen LogP contribution in [0.5, 0.6) is 0 Å². The standard InChI is InChI=1S/C16H23N3/c1-12-5-4-8-19(13(12)2)16-7-6-14(11-18-3)9-15(16)10-17/h6-7,9,12-13,18H,4-5,8,11H2,1-3H3. The summed E-state index contributed by atoms with van der Waals surface area (Å²) in [5, 5.41) is 12.5. The minimum Gasteiger partial charge on any atom is -0.367 e. The Morgan fingerprint density at radius 2 is 2.21 bits per heavy atom. The number of benzene rings is 1. The van der Waals surface area contributed by atoms with E-state index < -0.39 is 0 Å². The van der Waals surface area contributed by atoms with Crippen molar-refractivity contribution in [3.05, 3.63) is 29.3 Å². The van der Waals surface area contributed by atoms with Crippen LogP contribution < -0.4 is 10.2 Å². The van der Waals surface area contributed by atoms with Gasteiger partial charge in [-0.05, 0) is 50.4 Å². The van der Waals surface area contributed by atoms with E-state index >= 15 is 0 Å². The van der Waals surface area contributed by atoms with Crippen molar-refractivity contribution in [1.82, 2.24) is 5.32 Å². The van der Waals surface area contributed by atoms with Gasteiger partial charge in [0.2, 0.25) is 0 Å². The fourth-order valence-corrected chi connectivity index (χ4v) is 2.91. The molecule has 3 heteroatoms. The Balaban J connectivity index is 2.31. The number of anilines is 1. The lowest BCUT2D eigenvalue weighted by atomic mass is 9.91. The van der Waals surface area contributed by atoms with Gasteiger partial charge < -0.3 is 10.2 Å². The summed E-state index contributed by atoms with van der Waals surface area (Å²) in [6.07, 6.45) is 2.51. The highest BCUT2D eigenvalue weighted by Gasteiger charge is 2.26. The number of hydrogen-bond donors (Lipinski definition) is 1. The van der Waals surface area contributed by atoms with E-state index in [0.29, 0.717) is 12.0 Å². The molecule has 0 spiro atoms. The third-order valence-corrected chi connectivity index (χ3v) is 4.25. The molecule has 0 radical (unpaired) electrons. The van der Waals surface area contributed by atoms with Gasteiger partial charge in [-0.15, -0.1) is 0 Å². The Labute approximate surface area is 116 Å². The maximum absolute atomic E-state index is 9.40. The van der Waals surface area contributed by atoms with Crippen molar-refractivity contribution in [2.45, 2.75) is 39.3 Å². The molecule has 2 atom stereocenters. The molecule has 0 amide bonds. The lowest BCUT2D eigenvalue weighted by Gasteiger charge is -2.40. The highest BCUT2D eigenvalue weighted by Crippen LogP contribution is 2.31. The molecule has 19 heavy (non-hydrogen) atoms. The van der Waals surface area contributed by atoms with Crippen molar-refractivity contribution >= 4 is 5.69 Å². The van der Waals surface area contributed by atoms with E-state index in [1.54, 1.807) is 0 Å². The number of hydrogen-bond acceptors (Lipinski definition) is 3. The van der Waals surface area contributed by atoms with Gasteiger partial charge in [0.15, 0.2) is 0 Å². The fraction of sp³-hybridized carbons (Fsp3) is 0.562. The van der Waals surface area contributed by atoms with Gasteiger partial charge in [0.25, 0.3) is 0 Å². The van der Waals surface area contributed by atoms with E-state index in [1.165, 1.54) is 18.4 Å². The molecule has 2 unspecified atom stereocenters. The molecule has 1 heterocycles. The molecule has 0 bridgehead atoms. The van der Waals surface area contributed by atoms with E-state index in [9.17, 15) is 5.26 Å². The minimum atomic E-state index is 0.510. The second-order valence-corrected chi connectivity index (χ2v) is 5.55. The summed E-state index contributed by atoms with van der Waals surface area (Å²) in [4.78, 5) is 2.40. The Morgan fingerprint density at radius 3 is 2.89 bits per heavy atom. The highest BCUT2D eigenvalue weighted by molar-refractivity contribution is 5.61. The van der Waals surface area contributed by atoms with Gasteiger partial charge >= 0.3 is 0 Å². The number of nitriles is 1. The zero-order valence-electron chi connectivity index (χ0n) is 12.1. The van der Waals surface area contributed by atoms with Gasteiger partial charge in [0.05, 0.1) is 11.3 Å². The molecule has 1 saturated heterocycles. The quantitative estimate of drug-likeness (QED) is 0.905. The number of rotatable bonds is 3. The van der Waals surface area contributed by atoms with Gasteiger partial charge in [-0.2, -0.15) is 5.26 Å². The van der Waals surface area contributed by atoms with Crippen LogP contribution in [0.1, 0.15) is 37.8 Å². The second-order valence-electron chi connectivity index (χ2n) is 5.55. The Morgan fingerprint density at radius 1 is 1.42 bits per heavy atom. The molecule has 0 aliphatic carbocycles. The largest absolute Gasteiger partial charge is 0.367 e. The molecule has 1 fully saturated rings. The number of nitrogens with zero attached hydrogens (tertiary/aromatic N) is 2. The summed E-state index contributed by atoms with van der Waals surface area (Å²) in [6.45, 7) is 6.44. The summed E-state index contributed by atoms with van der Waals surface area (Å²) >= 11 is 0. The van der Waals surface area contributed by atoms with E-state index in [-0.39, 0.29) is 0 Å². The summed E-state index contributed by atoms with van der Waals surface area (Å²) in [7, 11) is 1.92. The van der Waals surface area contributed by atoms with Crippen molar-refractivity contribution in [2.75, 3.05) is 18.5 Å². The minimum absolute atomic E-state index is 0.510. The van der Waals surface area contributed by atoms with E-state index in [0.717, 1.165) is 24.3 Å².